The highest BCUT2D eigenvalue weighted by molar-refractivity contribution is 5.79. The minimum atomic E-state index is -1.09. The molecule has 0 fully saturated rings. The highest BCUT2D eigenvalue weighted by Crippen LogP contribution is 2.12. The quantitative estimate of drug-likeness (QED) is 0.737. The second-order valence-corrected chi connectivity index (χ2v) is 3.35. The van der Waals surface area contributed by atoms with Crippen molar-refractivity contribution in [1.29, 1.82) is 0 Å². The Morgan fingerprint density at radius 1 is 1.47 bits per heavy atom. The summed E-state index contributed by atoms with van der Waals surface area (Å²) in [6.07, 6.45) is 5.69. The minimum absolute atomic E-state index is 0.0787. The number of aryl methyl sites for hydroxylation is 1. The zero-order valence-electron chi connectivity index (χ0n) is 9.55. The molecule has 0 bridgehead atoms. The summed E-state index contributed by atoms with van der Waals surface area (Å²) >= 11 is 0. The first-order valence-corrected chi connectivity index (χ1v) is 5.05. The van der Waals surface area contributed by atoms with E-state index in [0.29, 0.717) is 0 Å². The number of aromatic nitrogens is 1. The van der Waals surface area contributed by atoms with Crippen LogP contribution in [0.1, 0.15) is 0 Å². The summed E-state index contributed by atoms with van der Waals surface area (Å²) in [5.74, 6) is 2.11. The van der Waals surface area contributed by atoms with E-state index in [1.165, 1.54) is 10.9 Å². The molecule has 0 aliphatic heterocycles. The number of para-hydroxylation sites is 1. The van der Waals surface area contributed by atoms with Crippen LogP contribution >= 0.6 is 0 Å². The summed E-state index contributed by atoms with van der Waals surface area (Å²) in [6, 6.07) is 10.5. The molecular weight excluding hydrogens is 216 g/mol. The van der Waals surface area contributed by atoms with Crippen molar-refractivity contribution in [2.45, 2.75) is 0 Å². The smallest absolute Gasteiger partial charge is 0.405 e. The molecule has 4 nitrogen and oxygen atoms in total. The molecule has 0 radical (unpaired) electrons. The Morgan fingerprint density at radius 3 is 2.71 bits per heavy atom. The van der Waals surface area contributed by atoms with E-state index in [0.717, 1.165) is 0 Å². The van der Waals surface area contributed by atoms with Gasteiger partial charge in [0.15, 0.2) is 0 Å². The van der Waals surface area contributed by atoms with Gasteiger partial charge < -0.3 is 15.0 Å². The van der Waals surface area contributed by atoms with Gasteiger partial charge in [-0.1, -0.05) is 24.1 Å². The Hall–Kier alpha value is -2.41. The number of carboxylic acid groups (broad SMARTS) is 1. The van der Waals surface area contributed by atoms with Crippen LogP contribution in [0.15, 0.2) is 36.5 Å². The molecule has 17 heavy (non-hydrogen) atoms. The highest BCUT2D eigenvalue weighted by Gasteiger charge is 1.92. The summed E-state index contributed by atoms with van der Waals surface area (Å²) in [5.41, 5.74) is 1.29. The van der Waals surface area contributed by atoms with Crippen LogP contribution in [-0.2, 0) is 7.05 Å². The third-order valence-electron chi connectivity index (χ3n) is 2.14. The predicted molar refractivity (Wildman–Crippen MR) is 67.8 cm³/mol. The second kappa shape index (κ2) is 6.23. The van der Waals surface area contributed by atoms with E-state index in [9.17, 15) is 4.79 Å². The highest BCUT2D eigenvalue weighted by atomic mass is 16.4. The fraction of sp³-hybridized carbons (Fsp3) is 0.154. The number of hydrogen-bond donors (Lipinski definition) is 2. The number of rotatable bonds is 1. The van der Waals surface area contributed by atoms with E-state index in [-0.39, 0.29) is 6.54 Å². The van der Waals surface area contributed by atoms with Crippen LogP contribution in [0.5, 0.6) is 0 Å². The molecule has 2 rings (SSSR count). The van der Waals surface area contributed by atoms with Gasteiger partial charge in [0.05, 0.1) is 6.54 Å². The van der Waals surface area contributed by atoms with Crippen LogP contribution in [0, 0.1) is 12.3 Å². The number of nitrogens with zero attached hydrogens (tertiary/aromatic N) is 1. The Morgan fingerprint density at radius 2 is 2.18 bits per heavy atom. The Balaban J connectivity index is 0.000000185. The largest absolute Gasteiger partial charge is 0.465 e. The zero-order chi connectivity index (χ0) is 12.7. The number of nitrogens with one attached hydrogen (secondary N) is 1. The van der Waals surface area contributed by atoms with Crippen molar-refractivity contribution < 1.29 is 9.90 Å². The van der Waals surface area contributed by atoms with Crippen molar-refractivity contribution in [3.05, 3.63) is 36.5 Å². The average molecular weight is 230 g/mol. The third kappa shape index (κ3) is 3.92. The molecule has 0 spiro atoms. The van der Waals surface area contributed by atoms with E-state index in [1.807, 2.05) is 5.32 Å². The number of hydrogen-bond acceptors (Lipinski definition) is 1. The van der Waals surface area contributed by atoms with Crippen LogP contribution < -0.4 is 5.32 Å². The lowest BCUT2D eigenvalue weighted by Crippen LogP contribution is -2.20. The monoisotopic (exact) mass is 230 g/mol. The molecule has 0 saturated heterocycles. The van der Waals surface area contributed by atoms with Gasteiger partial charge >= 0.3 is 6.09 Å². The Labute approximate surface area is 99.9 Å². The third-order valence-corrected chi connectivity index (χ3v) is 2.14. The number of benzene rings is 1. The molecule has 1 aromatic heterocycles. The number of carbonyl (C=O) groups is 1. The van der Waals surface area contributed by atoms with Gasteiger partial charge in [0.25, 0.3) is 0 Å². The maximum atomic E-state index is 9.55. The van der Waals surface area contributed by atoms with Crippen LogP contribution in [0.25, 0.3) is 10.9 Å². The first kappa shape index (κ1) is 12.7. The molecular formula is C13H14N2O2. The van der Waals surface area contributed by atoms with E-state index in [2.05, 4.69) is 54.1 Å². The fourth-order valence-electron chi connectivity index (χ4n) is 1.35. The van der Waals surface area contributed by atoms with Crippen molar-refractivity contribution in [3.8, 4) is 12.3 Å². The topological polar surface area (TPSA) is 54.3 Å². The van der Waals surface area contributed by atoms with Crippen molar-refractivity contribution in [3.63, 3.8) is 0 Å². The molecule has 0 unspecified atom stereocenters. The lowest BCUT2D eigenvalue weighted by molar-refractivity contribution is 0.196. The second-order valence-electron chi connectivity index (χ2n) is 3.35. The number of amides is 1. The van der Waals surface area contributed by atoms with E-state index in [1.54, 1.807) is 0 Å². The average Bonchev–Trinajstić information content (AvgIpc) is 2.70. The minimum Gasteiger partial charge on any atom is -0.465 e. The van der Waals surface area contributed by atoms with Gasteiger partial charge in [0.2, 0.25) is 0 Å². The number of fused-ring (bicyclic) bond motifs is 1. The Bertz CT molecular complexity index is 538. The summed E-state index contributed by atoms with van der Waals surface area (Å²) < 4.78 is 2.12. The van der Waals surface area contributed by atoms with Gasteiger partial charge in [-0.2, -0.15) is 0 Å². The molecule has 88 valence electrons. The lowest BCUT2D eigenvalue weighted by atomic mass is 10.2. The first-order valence-electron chi connectivity index (χ1n) is 5.05. The molecule has 0 aliphatic rings. The maximum absolute atomic E-state index is 9.55. The van der Waals surface area contributed by atoms with E-state index in [4.69, 9.17) is 11.5 Å². The Kier molecular flexibility index (Phi) is 4.64. The normalized spacial score (nSPS) is 8.94. The fourth-order valence-corrected chi connectivity index (χ4v) is 1.35. The van der Waals surface area contributed by atoms with Gasteiger partial charge in [0.1, 0.15) is 0 Å². The van der Waals surface area contributed by atoms with Crippen LogP contribution in [0.2, 0.25) is 0 Å². The van der Waals surface area contributed by atoms with Gasteiger partial charge in [-0.3, -0.25) is 0 Å². The van der Waals surface area contributed by atoms with E-state index >= 15 is 0 Å². The SMILES string of the molecule is C#CCNC(=O)O.Cn1ccc2ccccc21. The van der Waals surface area contributed by atoms with Crippen LogP contribution in [-0.4, -0.2) is 22.3 Å². The van der Waals surface area contributed by atoms with Gasteiger partial charge in [-0.15, -0.1) is 6.42 Å². The molecule has 2 aromatic rings. The summed E-state index contributed by atoms with van der Waals surface area (Å²) in [7, 11) is 2.06. The first-order chi connectivity index (χ1) is 8.15. The molecule has 4 heteroatoms. The maximum Gasteiger partial charge on any atom is 0.405 e. The molecule has 1 amide bonds. The van der Waals surface area contributed by atoms with Gasteiger partial charge in [-0.05, 0) is 17.5 Å². The van der Waals surface area contributed by atoms with Crippen molar-refractivity contribution in [1.82, 2.24) is 9.88 Å². The molecule has 0 atom stereocenters. The predicted octanol–water partition coefficient (Wildman–Crippen LogP) is 2.07. The van der Waals surface area contributed by atoms with Gasteiger partial charge in [-0.25, -0.2) is 4.79 Å². The van der Waals surface area contributed by atoms with Crippen LogP contribution in [0.3, 0.4) is 0 Å². The van der Waals surface area contributed by atoms with E-state index < -0.39 is 6.09 Å². The standard InChI is InChI=1S/C9H9N.C4H5NO2/c1-10-7-6-8-4-2-3-5-9(8)10;1-2-3-5-4(6)7/h2-7H,1H3;1,5H,3H2,(H,6,7). The number of terminal acetylenes is 1. The lowest BCUT2D eigenvalue weighted by Gasteiger charge is -1.92. The zero-order valence-corrected chi connectivity index (χ0v) is 9.55. The van der Waals surface area contributed by atoms with Gasteiger partial charge in [0, 0.05) is 18.8 Å². The van der Waals surface area contributed by atoms with Crippen molar-refractivity contribution >= 4 is 17.0 Å². The molecule has 1 aromatic carbocycles. The summed E-state index contributed by atoms with van der Waals surface area (Å²) in [4.78, 5) is 9.55. The van der Waals surface area contributed by atoms with Crippen LogP contribution in [0.4, 0.5) is 4.79 Å². The van der Waals surface area contributed by atoms with Crippen molar-refractivity contribution in [2.24, 2.45) is 7.05 Å². The molecule has 2 N–H and O–H groups in total. The molecule has 0 aliphatic carbocycles. The summed E-state index contributed by atoms with van der Waals surface area (Å²) in [6.45, 7) is 0.0787. The summed E-state index contributed by atoms with van der Waals surface area (Å²) in [5, 5.41) is 11.1. The molecule has 1 heterocycles. The molecule has 0 saturated carbocycles. The van der Waals surface area contributed by atoms with Crippen molar-refractivity contribution in [2.75, 3.05) is 6.54 Å².